The van der Waals surface area contributed by atoms with E-state index in [1.165, 1.54) is 22.7 Å². The summed E-state index contributed by atoms with van der Waals surface area (Å²) in [5.41, 5.74) is 0.398. The van der Waals surface area contributed by atoms with Gasteiger partial charge in [-0.25, -0.2) is 4.79 Å². The first kappa shape index (κ1) is 15.2. The van der Waals surface area contributed by atoms with Gasteiger partial charge in [-0.15, -0.1) is 22.7 Å². The molecule has 20 heavy (non-hydrogen) atoms. The Balaban J connectivity index is 2.23. The van der Waals surface area contributed by atoms with Crippen molar-refractivity contribution >= 4 is 55.5 Å². The van der Waals surface area contributed by atoms with Crippen LogP contribution in [0, 0.1) is 6.92 Å². The number of amides is 1. The molecule has 4 nitrogen and oxygen atoms in total. The number of aryl methyl sites for hydroxylation is 1. The summed E-state index contributed by atoms with van der Waals surface area (Å²) in [6.45, 7) is 3.93. The number of carbonyl (C=O) groups is 2. The van der Waals surface area contributed by atoms with Gasteiger partial charge in [0.2, 0.25) is 0 Å². The lowest BCUT2D eigenvalue weighted by atomic mass is 10.3. The topological polar surface area (TPSA) is 55.4 Å². The number of carbonyl (C=O) groups excluding carboxylic acids is 2. The van der Waals surface area contributed by atoms with E-state index in [2.05, 4.69) is 21.2 Å². The number of esters is 1. The lowest BCUT2D eigenvalue weighted by molar-refractivity contribution is 0.0528. The van der Waals surface area contributed by atoms with Crippen LogP contribution in [0.3, 0.4) is 0 Å². The van der Waals surface area contributed by atoms with Crippen molar-refractivity contribution < 1.29 is 14.3 Å². The molecule has 2 rings (SSSR count). The third-order valence-corrected chi connectivity index (χ3v) is 5.20. The Bertz CT molecular complexity index is 648. The molecule has 2 aromatic heterocycles. The van der Waals surface area contributed by atoms with Crippen LogP contribution in [0.2, 0.25) is 0 Å². The molecule has 0 saturated carbocycles. The minimum Gasteiger partial charge on any atom is -0.462 e. The van der Waals surface area contributed by atoms with Crippen LogP contribution >= 0.6 is 38.6 Å². The van der Waals surface area contributed by atoms with Crippen LogP contribution < -0.4 is 5.32 Å². The molecular weight excluding hydrogens is 362 g/mol. The van der Waals surface area contributed by atoms with Crippen LogP contribution in [-0.4, -0.2) is 18.5 Å². The van der Waals surface area contributed by atoms with Crippen molar-refractivity contribution in [2.75, 3.05) is 11.9 Å². The minimum atomic E-state index is -0.419. The van der Waals surface area contributed by atoms with Gasteiger partial charge in [-0.05, 0) is 47.3 Å². The maximum atomic E-state index is 12.2. The summed E-state index contributed by atoms with van der Waals surface area (Å²) in [4.78, 5) is 25.5. The minimum absolute atomic E-state index is 0.237. The van der Waals surface area contributed by atoms with E-state index in [4.69, 9.17) is 4.74 Å². The van der Waals surface area contributed by atoms with Crippen LogP contribution in [0.1, 0.15) is 31.8 Å². The molecule has 0 spiro atoms. The molecule has 106 valence electrons. The maximum absolute atomic E-state index is 12.2. The summed E-state index contributed by atoms with van der Waals surface area (Å²) in [7, 11) is 0. The zero-order chi connectivity index (χ0) is 14.7. The van der Waals surface area contributed by atoms with Gasteiger partial charge in [-0.2, -0.15) is 0 Å². The van der Waals surface area contributed by atoms with Crippen molar-refractivity contribution in [3.8, 4) is 0 Å². The standard InChI is InChI=1S/C13H12BrNO3S2/c1-3-18-13(17)8-6-7(2)20-12(8)15-11(16)10-9(14)4-5-19-10/h4-6H,3H2,1-2H3,(H,15,16). The fraction of sp³-hybridized carbons (Fsp3) is 0.231. The van der Waals surface area contributed by atoms with E-state index >= 15 is 0 Å². The highest BCUT2D eigenvalue weighted by atomic mass is 79.9. The molecular formula is C13H12BrNO3S2. The fourth-order valence-corrected chi connectivity index (χ4v) is 3.92. The van der Waals surface area contributed by atoms with Gasteiger partial charge in [-0.3, -0.25) is 4.79 Å². The Morgan fingerprint density at radius 3 is 2.80 bits per heavy atom. The SMILES string of the molecule is CCOC(=O)c1cc(C)sc1NC(=O)c1sccc1Br. The van der Waals surface area contributed by atoms with E-state index < -0.39 is 5.97 Å². The number of hydrogen-bond acceptors (Lipinski definition) is 5. The Kier molecular flexibility index (Phi) is 4.95. The Hall–Kier alpha value is -1.18. The number of rotatable bonds is 4. The van der Waals surface area contributed by atoms with E-state index in [9.17, 15) is 9.59 Å². The van der Waals surface area contributed by atoms with Crippen LogP contribution in [0.5, 0.6) is 0 Å². The molecule has 0 aliphatic heterocycles. The second kappa shape index (κ2) is 6.51. The predicted octanol–water partition coefficient (Wildman–Crippen LogP) is 4.31. The summed E-state index contributed by atoms with van der Waals surface area (Å²) >= 11 is 6.01. The molecule has 0 aliphatic carbocycles. The Morgan fingerprint density at radius 1 is 1.45 bits per heavy atom. The van der Waals surface area contributed by atoms with Crippen molar-refractivity contribution in [2.45, 2.75) is 13.8 Å². The summed E-state index contributed by atoms with van der Waals surface area (Å²) in [5.74, 6) is -0.656. The van der Waals surface area contributed by atoms with Crippen molar-refractivity contribution in [2.24, 2.45) is 0 Å². The molecule has 7 heteroatoms. The van der Waals surface area contributed by atoms with Crippen LogP contribution in [-0.2, 0) is 4.74 Å². The van der Waals surface area contributed by atoms with E-state index in [0.717, 1.165) is 9.35 Å². The van der Waals surface area contributed by atoms with Crippen molar-refractivity contribution in [3.63, 3.8) is 0 Å². The summed E-state index contributed by atoms with van der Waals surface area (Å²) in [6.07, 6.45) is 0. The smallest absolute Gasteiger partial charge is 0.341 e. The van der Waals surface area contributed by atoms with E-state index in [-0.39, 0.29) is 5.91 Å². The third-order valence-electron chi connectivity index (χ3n) is 2.40. The normalized spacial score (nSPS) is 10.3. The first-order valence-electron chi connectivity index (χ1n) is 5.84. The van der Waals surface area contributed by atoms with Gasteiger partial charge in [0.25, 0.3) is 5.91 Å². The van der Waals surface area contributed by atoms with Gasteiger partial charge in [0.05, 0.1) is 12.2 Å². The lowest BCUT2D eigenvalue weighted by Gasteiger charge is -2.05. The van der Waals surface area contributed by atoms with Gasteiger partial charge < -0.3 is 10.1 Å². The fourth-order valence-electron chi connectivity index (χ4n) is 1.58. The van der Waals surface area contributed by atoms with Gasteiger partial charge in [-0.1, -0.05) is 0 Å². The second-order valence-electron chi connectivity index (χ2n) is 3.87. The second-order valence-corrected chi connectivity index (χ2v) is 6.90. The Morgan fingerprint density at radius 2 is 2.20 bits per heavy atom. The molecule has 1 amide bonds. The number of halogens is 1. The number of anilines is 1. The van der Waals surface area contributed by atoms with Crippen LogP contribution in [0.25, 0.3) is 0 Å². The van der Waals surface area contributed by atoms with Gasteiger partial charge >= 0.3 is 5.97 Å². The highest BCUT2D eigenvalue weighted by Gasteiger charge is 2.19. The molecule has 0 aromatic carbocycles. The van der Waals surface area contributed by atoms with Crippen molar-refractivity contribution in [3.05, 3.63) is 37.3 Å². The molecule has 2 heterocycles. The van der Waals surface area contributed by atoms with Crippen molar-refractivity contribution in [1.82, 2.24) is 0 Å². The molecule has 0 aliphatic rings. The maximum Gasteiger partial charge on any atom is 0.341 e. The van der Waals surface area contributed by atoms with E-state index in [1.54, 1.807) is 13.0 Å². The van der Waals surface area contributed by atoms with E-state index in [0.29, 0.717) is 22.0 Å². The molecule has 0 saturated heterocycles. The zero-order valence-electron chi connectivity index (χ0n) is 10.9. The number of ether oxygens (including phenoxy) is 1. The molecule has 0 bridgehead atoms. The average molecular weight is 374 g/mol. The van der Waals surface area contributed by atoms with Gasteiger partial charge in [0, 0.05) is 9.35 Å². The lowest BCUT2D eigenvalue weighted by Crippen LogP contribution is -2.13. The monoisotopic (exact) mass is 373 g/mol. The molecule has 0 atom stereocenters. The molecule has 0 radical (unpaired) electrons. The number of nitrogens with one attached hydrogen (secondary N) is 1. The molecule has 0 fully saturated rings. The highest BCUT2D eigenvalue weighted by molar-refractivity contribution is 9.10. The summed E-state index contributed by atoms with van der Waals surface area (Å²) in [5, 5.41) is 5.12. The van der Waals surface area contributed by atoms with Gasteiger partial charge in [0.15, 0.2) is 0 Å². The number of thiophene rings is 2. The first-order valence-corrected chi connectivity index (χ1v) is 8.33. The molecule has 1 N–H and O–H groups in total. The Labute approximate surface area is 132 Å². The van der Waals surface area contributed by atoms with Crippen molar-refractivity contribution in [1.29, 1.82) is 0 Å². The quantitative estimate of drug-likeness (QED) is 0.812. The summed E-state index contributed by atoms with van der Waals surface area (Å²) < 4.78 is 5.73. The highest BCUT2D eigenvalue weighted by Crippen LogP contribution is 2.30. The zero-order valence-corrected chi connectivity index (χ0v) is 14.1. The van der Waals surface area contributed by atoms with Crippen LogP contribution in [0.4, 0.5) is 5.00 Å². The first-order chi connectivity index (χ1) is 9.52. The molecule has 2 aromatic rings. The average Bonchev–Trinajstić information content (AvgIpc) is 2.96. The third kappa shape index (κ3) is 3.28. The number of hydrogen-bond donors (Lipinski definition) is 1. The van der Waals surface area contributed by atoms with E-state index in [1.807, 2.05) is 18.4 Å². The summed E-state index contributed by atoms with van der Waals surface area (Å²) in [6, 6.07) is 3.53. The molecule has 0 unspecified atom stereocenters. The largest absolute Gasteiger partial charge is 0.462 e. The van der Waals surface area contributed by atoms with Gasteiger partial charge in [0.1, 0.15) is 9.88 Å². The predicted molar refractivity (Wildman–Crippen MR) is 85.0 cm³/mol. The van der Waals surface area contributed by atoms with Crippen LogP contribution in [0.15, 0.2) is 22.0 Å².